The van der Waals surface area contributed by atoms with E-state index in [1.165, 1.54) is 0 Å². The summed E-state index contributed by atoms with van der Waals surface area (Å²) in [6.45, 7) is 0. The van der Waals surface area contributed by atoms with E-state index in [-0.39, 0.29) is 36.0 Å². The molecule has 4 aromatic carbocycles. The predicted octanol–water partition coefficient (Wildman–Crippen LogP) is 3.59. The third-order valence-electron chi connectivity index (χ3n) is 9.87. The molecule has 0 aliphatic carbocycles. The molecule has 0 saturated carbocycles. The topological polar surface area (TPSA) is 97.0 Å². The molecule has 0 aromatic heterocycles. The number of benzene rings is 4. The van der Waals surface area contributed by atoms with Crippen molar-refractivity contribution in [1.82, 2.24) is 0 Å². The Kier molecular flexibility index (Phi) is 9.18. The Labute approximate surface area is 286 Å². The standard InChI is InChI=1S/C37H37N3O5.HI/c1-40(2)32-20-29(21-33(40)36-35(32)45-36)44-37(43)39-31-18-23(12-16-30(31)25-8-4-3-5-9-25)7-6-10-34(42)38-28-15-14-26-17-24(22-41)11-13-27(26)19-28;/h3-5,8-9,11-19,22,29,32-33,35-36H,6-7,10,20-21H2,1-2H3,(H-,38,39,41,42,43);1H/t29-,32-,33+,35-,36+;. The molecule has 0 radical (unpaired) electrons. The number of ether oxygens (including phenoxy) is 2. The maximum absolute atomic E-state index is 13.2. The lowest BCUT2D eigenvalue weighted by atomic mass is 9.96. The number of nitrogens with one attached hydrogen (secondary N) is 2. The number of hydrogen-bond acceptors (Lipinski definition) is 5. The molecule has 3 heterocycles. The molecule has 9 heteroatoms. The molecule has 2 amide bonds. The summed E-state index contributed by atoms with van der Waals surface area (Å²) in [5.74, 6) is -0.0621. The van der Waals surface area contributed by atoms with E-state index < -0.39 is 6.09 Å². The first kappa shape index (κ1) is 32.2. The molecule has 46 heavy (non-hydrogen) atoms. The minimum atomic E-state index is -0.437. The summed E-state index contributed by atoms with van der Waals surface area (Å²) >= 11 is 0. The van der Waals surface area contributed by atoms with Gasteiger partial charge in [0.15, 0.2) is 0 Å². The Morgan fingerprint density at radius 3 is 2.35 bits per heavy atom. The van der Waals surface area contributed by atoms with Crippen LogP contribution in [0.25, 0.3) is 21.9 Å². The zero-order valence-electron chi connectivity index (χ0n) is 25.9. The number of amides is 2. The molecule has 8 nitrogen and oxygen atoms in total. The first-order chi connectivity index (χ1) is 21.8. The van der Waals surface area contributed by atoms with Crippen LogP contribution in [0.5, 0.6) is 0 Å². The van der Waals surface area contributed by atoms with Crippen molar-refractivity contribution < 1.29 is 52.3 Å². The molecule has 3 saturated heterocycles. The van der Waals surface area contributed by atoms with Gasteiger partial charge in [-0.15, -0.1) is 0 Å². The molecule has 2 N–H and O–H groups in total. The zero-order chi connectivity index (χ0) is 31.1. The number of aryl methyl sites for hydroxylation is 1. The molecule has 3 fully saturated rings. The van der Waals surface area contributed by atoms with Crippen LogP contribution in [-0.4, -0.2) is 67.3 Å². The van der Waals surface area contributed by atoms with Gasteiger partial charge >= 0.3 is 6.09 Å². The highest BCUT2D eigenvalue weighted by atomic mass is 127. The number of anilines is 2. The Morgan fingerprint density at radius 2 is 1.61 bits per heavy atom. The molecule has 2 bridgehead atoms. The van der Waals surface area contributed by atoms with Gasteiger partial charge in [0.05, 0.1) is 19.8 Å². The van der Waals surface area contributed by atoms with Crippen LogP contribution in [0, 0.1) is 0 Å². The fraction of sp³-hybridized carbons (Fsp3) is 0.324. The van der Waals surface area contributed by atoms with Gasteiger partial charge < -0.3 is 43.3 Å². The second-order valence-electron chi connectivity index (χ2n) is 13.0. The third kappa shape index (κ3) is 6.54. The van der Waals surface area contributed by atoms with Gasteiger partial charge in [-0.2, -0.15) is 0 Å². The van der Waals surface area contributed by atoms with Crippen molar-refractivity contribution in [1.29, 1.82) is 0 Å². The van der Waals surface area contributed by atoms with Crippen molar-refractivity contribution in [3.63, 3.8) is 0 Å². The van der Waals surface area contributed by atoms with Crippen LogP contribution in [0.4, 0.5) is 16.2 Å². The highest BCUT2D eigenvalue weighted by molar-refractivity contribution is 5.96. The van der Waals surface area contributed by atoms with E-state index in [0.717, 1.165) is 56.8 Å². The summed E-state index contributed by atoms with van der Waals surface area (Å²) in [6.07, 6.45) is 4.18. The molecule has 4 aromatic rings. The molecule has 0 spiro atoms. The summed E-state index contributed by atoms with van der Waals surface area (Å²) in [7, 11) is 4.52. The fourth-order valence-electron chi connectivity index (χ4n) is 7.40. The van der Waals surface area contributed by atoms with Gasteiger partial charge in [-0.25, -0.2) is 4.79 Å². The number of fused-ring (bicyclic) bond motifs is 6. The first-order valence-electron chi connectivity index (χ1n) is 15.7. The summed E-state index contributed by atoms with van der Waals surface area (Å²) in [6, 6.07) is 27.9. The molecular weight excluding hydrogens is 693 g/mol. The van der Waals surface area contributed by atoms with Crippen molar-refractivity contribution in [2.75, 3.05) is 24.7 Å². The highest BCUT2D eigenvalue weighted by Gasteiger charge is 2.70. The number of quaternary nitrogens is 1. The second-order valence-corrected chi connectivity index (χ2v) is 13.0. The molecule has 0 unspecified atom stereocenters. The van der Waals surface area contributed by atoms with E-state index in [1.54, 1.807) is 6.07 Å². The van der Waals surface area contributed by atoms with Crippen molar-refractivity contribution in [2.45, 2.75) is 62.5 Å². The summed E-state index contributed by atoms with van der Waals surface area (Å²) in [5.41, 5.74) is 4.99. The van der Waals surface area contributed by atoms with Crippen LogP contribution >= 0.6 is 0 Å². The van der Waals surface area contributed by atoms with Crippen LogP contribution in [0.1, 0.15) is 41.6 Å². The van der Waals surface area contributed by atoms with Crippen LogP contribution < -0.4 is 34.6 Å². The van der Waals surface area contributed by atoms with Crippen molar-refractivity contribution in [2.24, 2.45) is 0 Å². The molecule has 3 aliphatic heterocycles. The van der Waals surface area contributed by atoms with Crippen LogP contribution in [0.15, 0.2) is 84.9 Å². The number of epoxide rings is 1. The van der Waals surface area contributed by atoms with E-state index >= 15 is 0 Å². The van der Waals surface area contributed by atoms with E-state index in [4.69, 9.17) is 9.47 Å². The Balaban J connectivity index is 0.00000372. The van der Waals surface area contributed by atoms with Crippen molar-refractivity contribution >= 4 is 40.4 Å². The minimum absolute atomic E-state index is 0. The number of nitrogens with zero attached hydrogens (tertiary/aromatic N) is 1. The Morgan fingerprint density at radius 1 is 0.891 bits per heavy atom. The van der Waals surface area contributed by atoms with Gasteiger partial charge in [-0.3, -0.25) is 14.9 Å². The molecule has 5 atom stereocenters. The average Bonchev–Trinajstić information content (AvgIpc) is 3.80. The quantitative estimate of drug-likeness (QED) is 0.119. The Bertz CT molecular complexity index is 1760. The van der Waals surface area contributed by atoms with E-state index in [9.17, 15) is 14.4 Å². The number of rotatable bonds is 9. The van der Waals surface area contributed by atoms with E-state index in [2.05, 4.69) is 30.8 Å². The largest absolute Gasteiger partial charge is 1.00 e. The predicted molar refractivity (Wildman–Crippen MR) is 174 cm³/mol. The lowest BCUT2D eigenvalue weighted by Crippen LogP contribution is -3.00. The highest BCUT2D eigenvalue weighted by Crippen LogP contribution is 2.51. The number of carbonyl (C=O) groups excluding carboxylic acids is 3. The molecular formula is C37H38IN3O5. The van der Waals surface area contributed by atoms with Crippen LogP contribution in [-0.2, 0) is 20.7 Å². The van der Waals surface area contributed by atoms with Crippen molar-refractivity contribution in [3.05, 3.63) is 96.1 Å². The normalized spacial score (nSPS) is 23.5. The van der Waals surface area contributed by atoms with Gasteiger partial charge in [0.1, 0.15) is 36.7 Å². The molecule has 7 rings (SSSR count). The number of morpholine rings is 1. The number of aldehydes is 1. The maximum atomic E-state index is 13.2. The number of piperidine rings is 1. The SMILES string of the molecule is C[N+]1(C)[C@@H]2C[C@@H](OC(=O)Nc3cc(CCCC(=O)Nc4ccc5cc(C=O)ccc5c4)ccc3-c3ccccc3)C[C@H]1[C@@H]1O[C@@H]12.[I-]. The number of hydrogen-bond donors (Lipinski definition) is 2. The number of halogens is 1. The third-order valence-corrected chi connectivity index (χ3v) is 9.87. The minimum Gasteiger partial charge on any atom is -1.00 e. The smallest absolute Gasteiger partial charge is 0.411 e. The van der Waals surface area contributed by atoms with Gasteiger partial charge in [0, 0.05) is 36.1 Å². The van der Waals surface area contributed by atoms with Crippen LogP contribution in [0.2, 0.25) is 0 Å². The summed E-state index contributed by atoms with van der Waals surface area (Å²) < 4.78 is 12.8. The first-order valence-corrected chi connectivity index (χ1v) is 15.7. The van der Waals surface area contributed by atoms with E-state index in [0.29, 0.717) is 54.8 Å². The summed E-state index contributed by atoms with van der Waals surface area (Å²) in [5, 5.41) is 7.94. The van der Waals surface area contributed by atoms with Crippen LogP contribution in [0.3, 0.4) is 0 Å². The van der Waals surface area contributed by atoms with Gasteiger partial charge in [-0.05, 0) is 59.0 Å². The van der Waals surface area contributed by atoms with Gasteiger partial charge in [-0.1, -0.05) is 60.7 Å². The monoisotopic (exact) mass is 731 g/mol. The second kappa shape index (κ2) is 13.1. The summed E-state index contributed by atoms with van der Waals surface area (Å²) in [4.78, 5) is 37.0. The van der Waals surface area contributed by atoms with E-state index in [1.807, 2.05) is 72.8 Å². The number of carbonyl (C=O) groups is 3. The molecule has 3 aliphatic rings. The lowest BCUT2D eigenvalue weighted by Gasteiger charge is -2.45. The lowest BCUT2D eigenvalue weighted by molar-refractivity contribution is -0.938. The zero-order valence-corrected chi connectivity index (χ0v) is 28.1. The van der Waals surface area contributed by atoms with Crippen molar-refractivity contribution in [3.8, 4) is 11.1 Å². The molecule has 238 valence electrons. The number of likely N-dealkylation sites (N-methyl/N-ethyl adjacent to an activating group) is 1. The Hall–Kier alpha value is -3.80. The maximum Gasteiger partial charge on any atom is 0.411 e. The van der Waals surface area contributed by atoms with Gasteiger partial charge in [0.25, 0.3) is 0 Å². The average molecular weight is 732 g/mol. The fourth-order valence-corrected chi connectivity index (χ4v) is 7.40. The van der Waals surface area contributed by atoms with Gasteiger partial charge in [0.2, 0.25) is 5.91 Å².